The highest BCUT2D eigenvalue weighted by Crippen LogP contribution is 2.16. The van der Waals surface area contributed by atoms with Gasteiger partial charge in [0, 0.05) is 18.3 Å². The van der Waals surface area contributed by atoms with E-state index < -0.39 is 11.6 Å². The predicted octanol–water partition coefficient (Wildman–Crippen LogP) is 2.63. The van der Waals surface area contributed by atoms with Crippen LogP contribution in [0.25, 0.3) is 0 Å². The molecular weight excluding hydrogens is 248 g/mol. The Balaban J connectivity index is 2.30. The van der Waals surface area contributed by atoms with E-state index >= 15 is 0 Å². The van der Waals surface area contributed by atoms with Crippen LogP contribution in [0.3, 0.4) is 0 Å². The van der Waals surface area contributed by atoms with E-state index in [1.165, 1.54) is 18.2 Å². The number of nitrogens with zero attached hydrogens (tertiary/aromatic N) is 2. The van der Waals surface area contributed by atoms with E-state index in [1.807, 2.05) is 18.4 Å². The number of rotatable bonds is 5. The highest BCUT2D eigenvalue weighted by Gasteiger charge is 2.13. The zero-order chi connectivity index (χ0) is 13.8. The Morgan fingerprint density at radius 2 is 1.95 bits per heavy atom. The molecule has 0 atom stereocenters. The van der Waals surface area contributed by atoms with E-state index in [9.17, 15) is 8.78 Å². The van der Waals surface area contributed by atoms with Crippen molar-refractivity contribution in [3.05, 3.63) is 53.1 Å². The first-order valence-corrected chi connectivity index (χ1v) is 6.28. The summed E-state index contributed by atoms with van der Waals surface area (Å²) in [6, 6.07) is 3.91. The van der Waals surface area contributed by atoms with E-state index in [0.717, 1.165) is 18.1 Å². The van der Waals surface area contributed by atoms with Crippen LogP contribution in [-0.2, 0) is 13.1 Å². The highest BCUT2D eigenvalue weighted by atomic mass is 19.1. The fourth-order valence-electron chi connectivity index (χ4n) is 1.97. The van der Waals surface area contributed by atoms with Gasteiger partial charge in [-0.25, -0.2) is 13.8 Å². The summed E-state index contributed by atoms with van der Waals surface area (Å²) in [6.07, 6.45) is 1.73. The third-order valence-electron chi connectivity index (χ3n) is 3.07. The molecular formula is C14H17F2N3. The second kappa shape index (κ2) is 5.93. The van der Waals surface area contributed by atoms with E-state index in [-0.39, 0.29) is 12.1 Å². The largest absolute Gasteiger partial charge is 0.326 e. The van der Waals surface area contributed by atoms with Gasteiger partial charge < -0.3 is 9.88 Å². The van der Waals surface area contributed by atoms with Gasteiger partial charge in [0.2, 0.25) is 0 Å². The van der Waals surface area contributed by atoms with Gasteiger partial charge in [-0.3, -0.25) is 0 Å². The van der Waals surface area contributed by atoms with E-state index in [0.29, 0.717) is 6.54 Å². The molecule has 0 aliphatic carbocycles. The van der Waals surface area contributed by atoms with E-state index in [1.54, 1.807) is 6.20 Å². The number of benzene rings is 1. The van der Waals surface area contributed by atoms with Gasteiger partial charge in [-0.15, -0.1) is 0 Å². The first kappa shape index (κ1) is 13.7. The summed E-state index contributed by atoms with van der Waals surface area (Å²) in [5.41, 5.74) is 0.989. The Hall–Kier alpha value is -1.75. The Kier molecular flexibility index (Phi) is 4.27. The molecule has 5 heteroatoms. The quantitative estimate of drug-likeness (QED) is 0.900. The fraction of sp³-hybridized carbons (Fsp3) is 0.357. The average molecular weight is 265 g/mol. The third-order valence-corrected chi connectivity index (χ3v) is 3.07. The molecule has 1 N–H and O–H groups in total. The van der Waals surface area contributed by atoms with Crippen LogP contribution in [-0.4, -0.2) is 16.1 Å². The molecule has 0 unspecified atom stereocenters. The summed E-state index contributed by atoms with van der Waals surface area (Å²) >= 11 is 0. The molecule has 0 saturated carbocycles. The SMILES string of the molecule is CCNCc1cnc(C)n1Cc1c(F)cccc1F. The maximum Gasteiger partial charge on any atom is 0.131 e. The van der Waals surface area contributed by atoms with Gasteiger partial charge in [-0.1, -0.05) is 13.0 Å². The third kappa shape index (κ3) is 2.98. The zero-order valence-corrected chi connectivity index (χ0v) is 11.1. The number of hydrogen-bond donors (Lipinski definition) is 1. The van der Waals surface area contributed by atoms with Crippen LogP contribution in [0.2, 0.25) is 0 Å². The Morgan fingerprint density at radius 1 is 1.26 bits per heavy atom. The molecule has 0 saturated heterocycles. The van der Waals surface area contributed by atoms with Gasteiger partial charge in [-0.05, 0) is 25.6 Å². The minimum absolute atomic E-state index is 0.0707. The van der Waals surface area contributed by atoms with Crippen molar-refractivity contribution in [3.63, 3.8) is 0 Å². The van der Waals surface area contributed by atoms with Crippen LogP contribution in [0.5, 0.6) is 0 Å². The molecule has 102 valence electrons. The summed E-state index contributed by atoms with van der Waals surface area (Å²) < 4.78 is 29.2. The fourth-order valence-corrected chi connectivity index (χ4v) is 1.97. The zero-order valence-electron chi connectivity index (χ0n) is 11.1. The van der Waals surface area contributed by atoms with Crippen LogP contribution in [0, 0.1) is 18.6 Å². The maximum atomic E-state index is 13.7. The molecule has 2 rings (SSSR count). The molecule has 3 nitrogen and oxygen atoms in total. The van der Waals surface area contributed by atoms with Gasteiger partial charge in [0.05, 0.1) is 12.2 Å². The number of hydrogen-bond acceptors (Lipinski definition) is 2. The molecule has 0 aliphatic heterocycles. The molecule has 0 bridgehead atoms. The lowest BCUT2D eigenvalue weighted by Crippen LogP contribution is -2.17. The minimum atomic E-state index is -0.525. The molecule has 0 aliphatic rings. The highest BCUT2D eigenvalue weighted by molar-refractivity contribution is 5.21. The Morgan fingerprint density at radius 3 is 2.58 bits per heavy atom. The molecule has 0 amide bonds. The van der Waals surface area contributed by atoms with Crippen molar-refractivity contribution in [1.82, 2.24) is 14.9 Å². The van der Waals surface area contributed by atoms with Crippen molar-refractivity contribution in [3.8, 4) is 0 Å². The number of aromatic nitrogens is 2. The molecule has 19 heavy (non-hydrogen) atoms. The molecule has 1 aromatic carbocycles. The monoisotopic (exact) mass is 265 g/mol. The molecule has 2 aromatic rings. The van der Waals surface area contributed by atoms with Crippen molar-refractivity contribution < 1.29 is 8.78 Å². The van der Waals surface area contributed by atoms with Crippen LogP contribution in [0.4, 0.5) is 8.78 Å². The summed E-state index contributed by atoms with van der Waals surface area (Å²) in [5, 5.41) is 3.18. The molecule has 1 heterocycles. The van der Waals surface area contributed by atoms with Crippen LogP contribution in [0.1, 0.15) is 24.0 Å². The first-order chi connectivity index (χ1) is 9.13. The summed E-state index contributed by atoms with van der Waals surface area (Å²) in [6.45, 7) is 5.45. The van der Waals surface area contributed by atoms with Gasteiger partial charge in [-0.2, -0.15) is 0 Å². The lowest BCUT2D eigenvalue weighted by molar-refractivity contribution is 0.535. The number of nitrogens with one attached hydrogen (secondary N) is 1. The van der Waals surface area contributed by atoms with Crippen molar-refractivity contribution in [1.29, 1.82) is 0 Å². The van der Waals surface area contributed by atoms with Gasteiger partial charge in [0.25, 0.3) is 0 Å². The van der Waals surface area contributed by atoms with Crippen molar-refractivity contribution >= 4 is 0 Å². The van der Waals surface area contributed by atoms with Gasteiger partial charge >= 0.3 is 0 Å². The standard InChI is InChI=1S/C14H17F2N3/c1-3-17-7-11-8-18-10(2)19(11)9-12-13(15)5-4-6-14(12)16/h4-6,8,17H,3,7,9H2,1-2H3. The average Bonchev–Trinajstić information content (AvgIpc) is 2.72. The first-order valence-electron chi connectivity index (χ1n) is 6.28. The summed E-state index contributed by atoms with van der Waals surface area (Å²) in [7, 11) is 0. The lowest BCUT2D eigenvalue weighted by atomic mass is 10.2. The predicted molar refractivity (Wildman–Crippen MR) is 69.8 cm³/mol. The van der Waals surface area contributed by atoms with Crippen LogP contribution < -0.4 is 5.32 Å². The number of aryl methyl sites for hydroxylation is 1. The molecule has 1 aromatic heterocycles. The smallest absolute Gasteiger partial charge is 0.131 e. The van der Waals surface area contributed by atoms with Crippen molar-refractivity contribution in [2.24, 2.45) is 0 Å². The van der Waals surface area contributed by atoms with Crippen LogP contribution in [0.15, 0.2) is 24.4 Å². The summed E-state index contributed by atoms with van der Waals surface area (Å²) in [4.78, 5) is 4.20. The summed E-state index contributed by atoms with van der Waals surface area (Å²) in [5.74, 6) is -0.305. The second-order valence-corrected chi connectivity index (χ2v) is 4.36. The molecule has 0 radical (unpaired) electrons. The number of imidazole rings is 1. The van der Waals surface area contributed by atoms with Gasteiger partial charge in [0.1, 0.15) is 17.5 Å². The lowest BCUT2D eigenvalue weighted by Gasteiger charge is -2.12. The minimum Gasteiger partial charge on any atom is -0.326 e. The normalized spacial score (nSPS) is 10.9. The molecule has 0 fully saturated rings. The van der Waals surface area contributed by atoms with Crippen molar-refractivity contribution in [2.45, 2.75) is 26.9 Å². The van der Waals surface area contributed by atoms with E-state index in [2.05, 4.69) is 10.3 Å². The Labute approximate surface area is 111 Å². The van der Waals surface area contributed by atoms with E-state index in [4.69, 9.17) is 0 Å². The van der Waals surface area contributed by atoms with Crippen LogP contribution >= 0.6 is 0 Å². The number of halogens is 2. The maximum absolute atomic E-state index is 13.7. The van der Waals surface area contributed by atoms with Gasteiger partial charge in [0.15, 0.2) is 0 Å². The molecule has 0 spiro atoms. The Bertz CT molecular complexity index is 544. The van der Waals surface area contributed by atoms with Crippen molar-refractivity contribution in [2.75, 3.05) is 6.54 Å². The second-order valence-electron chi connectivity index (χ2n) is 4.36. The topological polar surface area (TPSA) is 29.9 Å².